The summed E-state index contributed by atoms with van der Waals surface area (Å²) in [5.74, 6) is -2.32. The van der Waals surface area contributed by atoms with Gasteiger partial charge in [0.15, 0.2) is 0 Å². The third-order valence-corrected chi connectivity index (χ3v) is 9.16. The first-order chi connectivity index (χ1) is 19.1. The van der Waals surface area contributed by atoms with Crippen molar-refractivity contribution >= 4 is 51.7 Å². The lowest BCUT2D eigenvalue weighted by Gasteiger charge is -2.40. The first kappa shape index (κ1) is 25.5. The number of carbonyl (C=O) groups is 2. The summed E-state index contributed by atoms with van der Waals surface area (Å²) >= 11 is 12.7. The van der Waals surface area contributed by atoms with Gasteiger partial charge in [0, 0.05) is 52.3 Å². The molecule has 40 heavy (non-hydrogen) atoms. The highest BCUT2D eigenvalue weighted by molar-refractivity contribution is 6.31. The summed E-state index contributed by atoms with van der Waals surface area (Å²) in [5, 5.41) is 18.8. The molecule has 204 valence electrons. The van der Waals surface area contributed by atoms with Crippen LogP contribution in [0, 0.1) is 11.7 Å². The minimum Gasteiger partial charge on any atom is -0.478 e. The van der Waals surface area contributed by atoms with E-state index >= 15 is 4.39 Å². The van der Waals surface area contributed by atoms with Gasteiger partial charge in [-0.25, -0.2) is 9.18 Å². The van der Waals surface area contributed by atoms with E-state index in [0.29, 0.717) is 34.8 Å². The fraction of sp³-hybridized carbons (Fsp3) is 0.300. The number of benzene rings is 3. The Labute approximate surface area is 239 Å². The van der Waals surface area contributed by atoms with Crippen LogP contribution < -0.4 is 5.32 Å². The van der Waals surface area contributed by atoms with Gasteiger partial charge in [-0.05, 0) is 41.8 Å². The van der Waals surface area contributed by atoms with E-state index in [1.54, 1.807) is 42.5 Å². The maximum absolute atomic E-state index is 16.0. The van der Waals surface area contributed by atoms with Crippen molar-refractivity contribution in [3.05, 3.63) is 92.8 Å². The molecule has 10 heteroatoms. The van der Waals surface area contributed by atoms with E-state index in [1.165, 1.54) is 6.07 Å². The monoisotopic (exact) mass is 578 g/mol. The number of anilines is 1. The van der Waals surface area contributed by atoms with Crippen LogP contribution >= 0.6 is 23.2 Å². The number of aromatic carboxylic acids is 1. The lowest BCUT2D eigenvalue weighted by atomic mass is 9.73. The summed E-state index contributed by atoms with van der Waals surface area (Å²) in [4.78, 5) is 28.2. The van der Waals surface area contributed by atoms with Gasteiger partial charge in [0.25, 0.3) is 0 Å². The SMILES string of the molecule is CC(C)CN1[C@H]2Cc3c4ccc(C(=O)O)cc4nn3C2[C@H](c2cccc(Cl)c2F)[C@]12C(=O)Nc1cc(Cl)ccc12. The van der Waals surface area contributed by atoms with Crippen LogP contribution in [-0.2, 0) is 16.8 Å². The van der Waals surface area contributed by atoms with Gasteiger partial charge in [-0.15, -0.1) is 0 Å². The van der Waals surface area contributed by atoms with Crippen molar-refractivity contribution in [2.24, 2.45) is 5.92 Å². The largest absolute Gasteiger partial charge is 0.478 e. The smallest absolute Gasteiger partial charge is 0.335 e. The number of hydrogen-bond acceptors (Lipinski definition) is 4. The van der Waals surface area contributed by atoms with Crippen LogP contribution in [0.4, 0.5) is 10.1 Å². The number of rotatable bonds is 4. The molecule has 3 aliphatic heterocycles. The Balaban J connectivity index is 1.54. The lowest BCUT2D eigenvalue weighted by molar-refractivity contribution is -0.128. The van der Waals surface area contributed by atoms with Crippen LogP contribution in [0.2, 0.25) is 10.0 Å². The number of halogens is 3. The molecule has 2 N–H and O–H groups in total. The standard InChI is InChI=1S/C30H25Cl2FN4O3/c1-14(2)13-36-24-12-23-17-8-6-15(28(38)39)10-21(17)35-37(23)27(24)25(18-4-3-5-20(32)26(18)33)30(36)19-9-7-16(31)11-22(19)34-29(30)40/h3-11,14,24-25,27H,12-13H2,1-2H3,(H,34,40)(H,38,39)/t24-,25-,27?,30+/m0/s1. The summed E-state index contributed by atoms with van der Waals surface area (Å²) in [6.07, 6.45) is 0.566. The number of likely N-dealkylation sites (tertiary alicyclic amines) is 1. The minimum absolute atomic E-state index is 0.0174. The first-order valence-corrected chi connectivity index (χ1v) is 13.9. The summed E-state index contributed by atoms with van der Waals surface area (Å²) < 4.78 is 17.9. The van der Waals surface area contributed by atoms with Gasteiger partial charge < -0.3 is 10.4 Å². The van der Waals surface area contributed by atoms with Gasteiger partial charge in [0.05, 0.1) is 22.1 Å². The van der Waals surface area contributed by atoms with E-state index in [4.69, 9.17) is 28.3 Å². The normalized spacial score (nSPS) is 25.1. The van der Waals surface area contributed by atoms with E-state index in [9.17, 15) is 14.7 Å². The molecule has 4 atom stereocenters. The highest BCUT2D eigenvalue weighted by Gasteiger charge is 2.69. The fourth-order valence-electron chi connectivity index (χ4n) is 7.30. The molecule has 0 bridgehead atoms. The Morgan fingerprint density at radius 3 is 2.75 bits per heavy atom. The zero-order valence-corrected chi connectivity index (χ0v) is 23.2. The number of carboxylic acids is 1. The van der Waals surface area contributed by atoms with Crippen LogP contribution in [0.1, 0.15) is 53.0 Å². The maximum atomic E-state index is 16.0. The number of hydrogen-bond donors (Lipinski definition) is 2. The molecule has 4 heterocycles. The molecule has 0 aliphatic carbocycles. The average molecular weight is 579 g/mol. The molecule has 1 amide bonds. The topological polar surface area (TPSA) is 87.5 Å². The minimum atomic E-state index is -1.24. The predicted molar refractivity (Wildman–Crippen MR) is 151 cm³/mol. The molecular formula is C30H25Cl2FN4O3. The maximum Gasteiger partial charge on any atom is 0.335 e. The van der Waals surface area contributed by atoms with Crippen molar-refractivity contribution in [3.8, 4) is 0 Å². The van der Waals surface area contributed by atoms with Crippen LogP contribution in [-0.4, -0.2) is 44.3 Å². The van der Waals surface area contributed by atoms with Gasteiger partial charge in [-0.1, -0.05) is 61.3 Å². The second-order valence-electron chi connectivity index (χ2n) is 11.3. The molecule has 1 aromatic heterocycles. The lowest BCUT2D eigenvalue weighted by Crippen LogP contribution is -2.53. The molecule has 7 nitrogen and oxygen atoms in total. The molecule has 3 aliphatic rings. The van der Waals surface area contributed by atoms with Crippen molar-refractivity contribution in [1.29, 1.82) is 0 Å². The summed E-state index contributed by atoms with van der Waals surface area (Å²) in [6, 6.07) is 14.6. The molecule has 1 fully saturated rings. The van der Waals surface area contributed by atoms with Crippen LogP contribution in [0.15, 0.2) is 54.6 Å². The average Bonchev–Trinajstić information content (AvgIpc) is 3.59. The van der Waals surface area contributed by atoms with Gasteiger partial charge in [-0.3, -0.25) is 14.4 Å². The fourth-order valence-corrected chi connectivity index (χ4v) is 7.65. The number of fused-ring (bicyclic) bond motifs is 7. The van der Waals surface area contributed by atoms with Crippen molar-refractivity contribution < 1.29 is 19.1 Å². The number of aromatic nitrogens is 2. The second kappa shape index (κ2) is 8.77. The molecule has 0 saturated carbocycles. The summed E-state index contributed by atoms with van der Waals surface area (Å²) in [5.41, 5.74) is 2.08. The van der Waals surface area contributed by atoms with Crippen LogP contribution in [0.5, 0.6) is 0 Å². The highest BCUT2D eigenvalue weighted by Crippen LogP contribution is 2.63. The van der Waals surface area contributed by atoms with Crippen molar-refractivity contribution in [2.75, 3.05) is 11.9 Å². The van der Waals surface area contributed by atoms with Crippen molar-refractivity contribution in [2.45, 2.75) is 43.8 Å². The zero-order chi connectivity index (χ0) is 28.1. The van der Waals surface area contributed by atoms with Gasteiger partial charge in [-0.2, -0.15) is 5.10 Å². The quantitative estimate of drug-likeness (QED) is 0.299. The molecule has 1 saturated heterocycles. The van der Waals surface area contributed by atoms with E-state index in [1.807, 2.05) is 10.7 Å². The van der Waals surface area contributed by atoms with Gasteiger partial charge in [0.1, 0.15) is 11.4 Å². The Morgan fingerprint density at radius 2 is 2.00 bits per heavy atom. The molecule has 1 spiro atoms. The molecular weight excluding hydrogens is 554 g/mol. The molecule has 0 radical (unpaired) electrons. The van der Waals surface area contributed by atoms with E-state index in [0.717, 1.165) is 16.6 Å². The molecule has 1 unspecified atom stereocenters. The number of amides is 1. The summed E-state index contributed by atoms with van der Waals surface area (Å²) in [7, 11) is 0. The first-order valence-electron chi connectivity index (χ1n) is 13.2. The van der Waals surface area contributed by atoms with Gasteiger partial charge in [0.2, 0.25) is 5.91 Å². The zero-order valence-electron chi connectivity index (χ0n) is 21.7. The molecule has 3 aromatic carbocycles. The van der Waals surface area contributed by atoms with Crippen LogP contribution in [0.25, 0.3) is 10.9 Å². The number of nitrogens with one attached hydrogen (secondary N) is 1. The third kappa shape index (κ3) is 3.30. The van der Waals surface area contributed by atoms with E-state index < -0.39 is 29.3 Å². The second-order valence-corrected chi connectivity index (χ2v) is 12.1. The Bertz CT molecular complexity index is 1750. The van der Waals surface area contributed by atoms with Crippen molar-refractivity contribution in [3.63, 3.8) is 0 Å². The van der Waals surface area contributed by atoms with Gasteiger partial charge >= 0.3 is 5.97 Å². The van der Waals surface area contributed by atoms with Crippen LogP contribution in [0.3, 0.4) is 0 Å². The number of carboxylic acid groups (broad SMARTS) is 1. The summed E-state index contributed by atoms with van der Waals surface area (Å²) in [6.45, 7) is 4.78. The van der Waals surface area contributed by atoms with E-state index in [-0.39, 0.29) is 28.5 Å². The Morgan fingerprint density at radius 1 is 1.20 bits per heavy atom. The third-order valence-electron chi connectivity index (χ3n) is 8.64. The Hall–Kier alpha value is -3.46. The predicted octanol–water partition coefficient (Wildman–Crippen LogP) is 6.25. The molecule has 7 rings (SSSR count). The number of carbonyl (C=O) groups excluding carboxylic acids is 1. The Kier molecular flexibility index (Phi) is 5.59. The van der Waals surface area contributed by atoms with E-state index in [2.05, 4.69) is 24.1 Å². The molecule has 4 aromatic rings. The highest BCUT2D eigenvalue weighted by atomic mass is 35.5. The number of nitrogens with zero attached hydrogens (tertiary/aromatic N) is 3. The van der Waals surface area contributed by atoms with Crippen molar-refractivity contribution in [1.82, 2.24) is 14.7 Å².